The first kappa shape index (κ1) is 27.5. The number of aromatic nitrogens is 2. The molecule has 0 fully saturated rings. The number of hydrogen-bond donors (Lipinski definition) is 3. The number of anilines is 1. The van der Waals surface area contributed by atoms with E-state index in [-0.39, 0.29) is 37.1 Å². The van der Waals surface area contributed by atoms with E-state index < -0.39 is 13.2 Å². The van der Waals surface area contributed by atoms with Gasteiger partial charge < -0.3 is 20.0 Å². The van der Waals surface area contributed by atoms with Crippen LogP contribution in [0, 0.1) is 12.3 Å². The highest BCUT2D eigenvalue weighted by Gasteiger charge is 2.31. The fourth-order valence-electron chi connectivity index (χ4n) is 3.27. The molecular formula is C21H33N4O6PS. The van der Waals surface area contributed by atoms with Crippen LogP contribution in [-0.2, 0) is 25.2 Å². The van der Waals surface area contributed by atoms with Gasteiger partial charge in [0.1, 0.15) is 11.6 Å². The molecule has 1 aliphatic heterocycles. The quantitative estimate of drug-likeness (QED) is 0.407. The fourth-order valence-corrected chi connectivity index (χ4v) is 4.64. The summed E-state index contributed by atoms with van der Waals surface area (Å²) in [7, 11) is -4.66. The van der Waals surface area contributed by atoms with Gasteiger partial charge in [0.15, 0.2) is 5.12 Å². The van der Waals surface area contributed by atoms with Crippen LogP contribution in [0.5, 0.6) is 0 Å². The number of phosphoric ester groups is 1. The first-order valence-electron chi connectivity index (χ1n) is 10.8. The molecule has 0 aliphatic carbocycles. The summed E-state index contributed by atoms with van der Waals surface area (Å²) in [6.07, 6.45) is 4.33. The topological polar surface area (TPSA) is 142 Å². The summed E-state index contributed by atoms with van der Waals surface area (Å²) in [4.78, 5) is 54.8. The number of nitrogens with one attached hydrogen (secondary N) is 1. The van der Waals surface area contributed by atoms with E-state index in [0.717, 1.165) is 36.6 Å². The van der Waals surface area contributed by atoms with Crippen LogP contribution in [-0.4, -0.2) is 48.8 Å². The minimum Gasteiger partial charge on any atom is -0.361 e. The Bertz CT molecular complexity index is 962. The minimum absolute atomic E-state index is 0.0215. The van der Waals surface area contributed by atoms with E-state index in [1.165, 1.54) is 0 Å². The van der Waals surface area contributed by atoms with Crippen LogP contribution < -0.4 is 5.32 Å². The standard InChI is InChI=1S/C21H33N4O6PS/c1-6-7-9-21(4,5)20(27)33-17(8-10-31-32(28,29)30)14(2)25-13-16-11-22-15(3)24-19(16)23-12-18(25)26/h11H,6-10,12-13H2,1-5H3,(H,22,23,24)(H2,28,29,30)/b17-14-. The van der Waals surface area contributed by atoms with Crippen molar-refractivity contribution in [2.75, 3.05) is 18.5 Å². The highest BCUT2D eigenvalue weighted by molar-refractivity contribution is 8.17. The lowest BCUT2D eigenvalue weighted by molar-refractivity contribution is -0.127. The third kappa shape index (κ3) is 8.19. The number of phosphoric acid groups is 1. The number of carbonyl (C=O) groups is 2. The molecule has 33 heavy (non-hydrogen) atoms. The fraction of sp³-hybridized carbons (Fsp3) is 0.619. The van der Waals surface area contributed by atoms with Crippen LogP contribution in [0.25, 0.3) is 0 Å². The Balaban J connectivity index is 2.35. The van der Waals surface area contributed by atoms with Gasteiger partial charge in [-0.05, 0) is 20.3 Å². The minimum atomic E-state index is -4.66. The molecule has 2 rings (SSSR count). The van der Waals surface area contributed by atoms with Crippen molar-refractivity contribution in [3.05, 3.63) is 28.2 Å². The zero-order valence-corrected chi connectivity index (χ0v) is 21.5. The SMILES string of the molecule is CCCCC(C)(C)C(=O)S/C(CCOP(=O)(O)O)=C(/C)N1Cc2cnc(C)nc2NCC1=O. The number of unbranched alkanes of at least 4 members (excludes halogenated alkanes) is 1. The van der Waals surface area contributed by atoms with Gasteiger partial charge in [0, 0.05) is 34.2 Å². The maximum Gasteiger partial charge on any atom is 0.469 e. The number of thioether (sulfide) groups is 1. The van der Waals surface area contributed by atoms with Crippen molar-refractivity contribution in [1.82, 2.24) is 14.9 Å². The highest BCUT2D eigenvalue weighted by atomic mass is 32.2. The molecule has 0 saturated carbocycles. The van der Waals surface area contributed by atoms with E-state index in [9.17, 15) is 14.2 Å². The number of fused-ring (bicyclic) bond motifs is 1. The van der Waals surface area contributed by atoms with Crippen LogP contribution in [0.3, 0.4) is 0 Å². The normalized spacial score (nSPS) is 15.5. The molecule has 0 spiro atoms. The highest BCUT2D eigenvalue weighted by Crippen LogP contribution is 2.39. The number of amides is 1. The molecule has 184 valence electrons. The summed E-state index contributed by atoms with van der Waals surface area (Å²) < 4.78 is 15.8. The van der Waals surface area contributed by atoms with E-state index >= 15 is 0 Å². The van der Waals surface area contributed by atoms with E-state index in [0.29, 0.717) is 22.2 Å². The van der Waals surface area contributed by atoms with Crippen molar-refractivity contribution in [1.29, 1.82) is 0 Å². The van der Waals surface area contributed by atoms with Crippen molar-refractivity contribution in [2.24, 2.45) is 5.41 Å². The molecule has 0 radical (unpaired) electrons. The molecule has 1 amide bonds. The van der Waals surface area contributed by atoms with Crippen LogP contribution in [0.2, 0.25) is 0 Å². The summed E-state index contributed by atoms with van der Waals surface area (Å²) in [5.74, 6) is 0.956. The Kier molecular flexibility index (Phi) is 9.63. The molecule has 0 bridgehead atoms. The van der Waals surface area contributed by atoms with Gasteiger partial charge >= 0.3 is 7.82 Å². The Hall–Kier alpha value is -1.78. The molecule has 0 unspecified atom stereocenters. The lowest BCUT2D eigenvalue weighted by atomic mass is 9.89. The van der Waals surface area contributed by atoms with Crippen LogP contribution in [0.15, 0.2) is 16.8 Å². The summed E-state index contributed by atoms with van der Waals surface area (Å²) in [5.41, 5.74) is 0.684. The second-order valence-electron chi connectivity index (χ2n) is 8.58. The van der Waals surface area contributed by atoms with Crippen LogP contribution in [0.4, 0.5) is 5.82 Å². The number of hydrogen-bond acceptors (Lipinski definition) is 8. The lowest BCUT2D eigenvalue weighted by Crippen LogP contribution is -2.32. The monoisotopic (exact) mass is 500 g/mol. The average molecular weight is 501 g/mol. The van der Waals surface area contributed by atoms with Gasteiger partial charge in [-0.15, -0.1) is 0 Å². The molecule has 10 nitrogen and oxygen atoms in total. The van der Waals surface area contributed by atoms with E-state index in [2.05, 4.69) is 26.7 Å². The Morgan fingerprint density at radius 3 is 2.73 bits per heavy atom. The molecule has 1 aromatic heterocycles. The first-order valence-corrected chi connectivity index (χ1v) is 13.2. The predicted molar refractivity (Wildman–Crippen MR) is 127 cm³/mol. The van der Waals surface area contributed by atoms with Gasteiger partial charge in [0.05, 0.1) is 19.7 Å². The molecule has 0 atom stereocenters. The molecule has 0 aromatic carbocycles. The molecular weight excluding hydrogens is 467 g/mol. The van der Waals surface area contributed by atoms with E-state index in [1.54, 1.807) is 24.9 Å². The maximum absolute atomic E-state index is 13.1. The largest absolute Gasteiger partial charge is 0.469 e. The van der Waals surface area contributed by atoms with Crippen molar-refractivity contribution >= 4 is 36.4 Å². The first-order chi connectivity index (χ1) is 15.3. The van der Waals surface area contributed by atoms with Crippen molar-refractivity contribution in [2.45, 2.75) is 66.8 Å². The summed E-state index contributed by atoms with van der Waals surface area (Å²) in [6, 6.07) is 0. The van der Waals surface area contributed by atoms with E-state index in [4.69, 9.17) is 9.79 Å². The maximum atomic E-state index is 13.1. The smallest absolute Gasteiger partial charge is 0.361 e. The van der Waals surface area contributed by atoms with Crippen molar-refractivity contribution in [3.63, 3.8) is 0 Å². The Labute approximate surface area is 198 Å². The van der Waals surface area contributed by atoms with Gasteiger partial charge in [-0.3, -0.25) is 14.1 Å². The molecule has 1 aliphatic rings. The molecule has 0 saturated heterocycles. The Morgan fingerprint density at radius 1 is 1.39 bits per heavy atom. The van der Waals surface area contributed by atoms with E-state index in [1.807, 2.05) is 13.8 Å². The predicted octanol–water partition coefficient (Wildman–Crippen LogP) is 3.75. The van der Waals surface area contributed by atoms with Crippen molar-refractivity contribution < 1.29 is 28.5 Å². The van der Waals surface area contributed by atoms with Crippen LogP contribution >= 0.6 is 19.6 Å². The van der Waals surface area contributed by atoms with Crippen LogP contribution in [0.1, 0.15) is 64.8 Å². The number of aryl methyl sites for hydroxylation is 1. The third-order valence-corrected chi connectivity index (χ3v) is 7.35. The molecule has 1 aromatic rings. The number of nitrogens with zero attached hydrogens (tertiary/aromatic N) is 3. The van der Waals surface area contributed by atoms with Gasteiger partial charge in [0.2, 0.25) is 5.91 Å². The second-order valence-corrected chi connectivity index (χ2v) is 10.9. The molecule has 12 heteroatoms. The average Bonchev–Trinajstić information content (AvgIpc) is 2.88. The Morgan fingerprint density at radius 2 is 2.09 bits per heavy atom. The number of carbonyl (C=O) groups excluding carboxylic acids is 2. The summed E-state index contributed by atoms with van der Waals surface area (Å²) >= 11 is 1.01. The van der Waals surface area contributed by atoms with Gasteiger partial charge in [-0.2, -0.15) is 0 Å². The second kappa shape index (κ2) is 11.6. The summed E-state index contributed by atoms with van der Waals surface area (Å²) in [5, 5.41) is 2.96. The summed E-state index contributed by atoms with van der Waals surface area (Å²) in [6.45, 7) is 9.26. The zero-order chi connectivity index (χ0) is 24.8. The lowest BCUT2D eigenvalue weighted by Gasteiger charge is -2.27. The molecule has 3 N–H and O–H groups in total. The van der Waals surface area contributed by atoms with Gasteiger partial charge in [-0.1, -0.05) is 45.4 Å². The number of rotatable bonds is 10. The number of allylic oxidation sites excluding steroid dienone is 1. The van der Waals surface area contributed by atoms with Gasteiger partial charge in [0.25, 0.3) is 0 Å². The van der Waals surface area contributed by atoms with Crippen molar-refractivity contribution in [3.8, 4) is 0 Å². The molecule has 2 heterocycles. The third-order valence-electron chi connectivity index (χ3n) is 5.34. The van der Waals surface area contributed by atoms with Gasteiger partial charge in [-0.25, -0.2) is 14.5 Å². The zero-order valence-electron chi connectivity index (χ0n) is 19.8.